The van der Waals surface area contributed by atoms with Gasteiger partial charge in [-0.15, -0.1) is 0 Å². The lowest BCUT2D eigenvalue weighted by Crippen LogP contribution is -2.09. The average Bonchev–Trinajstić information content (AvgIpc) is 2.41. The summed E-state index contributed by atoms with van der Waals surface area (Å²) in [6.45, 7) is 4.08. The largest absolute Gasteiger partial charge is 0.508 e. The molecule has 0 spiro atoms. The highest BCUT2D eigenvalue weighted by molar-refractivity contribution is 7.87. The second kappa shape index (κ2) is 5.54. The molecule has 0 heterocycles. The van der Waals surface area contributed by atoms with E-state index in [1.807, 2.05) is 13.8 Å². The first kappa shape index (κ1) is 14.4. The second-order valence-electron chi connectivity index (χ2n) is 4.76. The Morgan fingerprint density at radius 2 is 1.50 bits per heavy atom. The summed E-state index contributed by atoms with van der Waals surface area (Å²) in [6.07, 6.45) is 0. The molecule has 2 rings (SSSR count). The van der Waals surface area contributed by atoms with Crippen molar-refractivity contribution >= 4 is 10.1 Å². The van der Waals surface area contributed by atoms with E-state index in [1.165, 1.54) is 36.4 Å². The molecule has 0 aliphatic heterocycles. The summed E-state index contributed by atoms with van der Waals surface area (Å²) in [6, 6.07) is 12.1. The molecule has 0 fully saturated rings. The van der Waals surface area contributed by atoms with Crippen molar-refractivity contribution in [3.05, 3.63) is 54.1 Å². The third kappa shape index (κ3) is 3.30. The van der Waals surface area contributed by atoms with E-state index in [9.17, 15) is 8.42 Å². The van der Waals surface area contributed by atoms with Crippen molar-refractivity contribution < 1.29 is 17.7 Å². The maximum absolute atomic E-state index is 12.1. The summed E-state index contributed by atoms with van der Waals surface area (Å²) in [5.74, 6) is 0.552. The van der Waals surface area contributed by atoms with E-state index in [4.69, 9.17) is 9.29 Å². The van der Waals surface area contributed by atoms with Crippen molar-refractivity contribution in [2.24, 2.45) is 0 Å². The number of aromatic hydroxyl groups is 1. The van der Waals surface area contributed by atoms with Crippen LogP contribution in [-0.4, -0.2) is 13.5 Å². The summed E-state index contributed by atoms with van der Waals surface area (Å²) in [7, 11) is -3.85. The van der Waals surface area contributed by atoms with Crippen molar-refractivity contribution in [3.63, 3.8) is 0 Å². The molecule has 4 nitrogen and oxygen atoms in total. The lowest BCUT2D eigenvalue weighted by Gasteiger charge is -2.09. The maximum Gasteiger partial charge on any atom is 0.339 e. The molecule has 0 bridgehead atoms. The number of phenolic OH excluding ortho intramolecular Hbond substituents is 1. The van der Waals surface area contributed by atoms with Crippen molar-refractivity contribution in [1.29, 1.82) is 0 Å². The molecule has 1 N–H and O–H groups in total. The molecular weight excluding hydrogens is 276 g/mol. The van der Waals surface area contributed by atoms with Gasteiger partial charge in [0.2, 0.25) is 0 Å². The van der Waals surface area contributed by atoms with Crippen molar-refractivity contribution in [2.75, 3.05) is 0 Å². The van der Waals surface area contributed by atoms with Gasteiger partial charge in [0.25, 0.3) is 0 Å². The first-order chi connectivity index (χ1) is 9.38. The highest BCUT2D eigenvalue weighted by atomic mass is 32.2. The Bertz CT molecular complexity index is 671. The third-order valence-electron chi connectivity index (χ3n) is 2.88. The number of hydrogen-bond donors (Lipinski definition) is 1. The first-order valence-electron chi connectivity index (χ1n) is 6.22. The standard InChI is InChI=1S/C15H16O4S/c1-11(2)12-3-9-15(10-4-12)20(17,18)19-14-7-5-13(16)6-8-14/h3-11,16H,1-2H3. The van der Waals surface area contributed by atoms with E-state index < -0.39 is 10.1 Å². The number of phenols is 1. The van der Waals surface area contributed by atoms with E-state index in [1.54, 1.807) is 12.1 Å². The van der Waals surface area contributed by atoms with E-state index in [0.29, 0.717) is 5.92 Å². The van der Waals surface area contributed by atoms with Crippen LogP contribution in [-0.2, 0) is 10.1 Å². The predicted molar refractivity (Wildman–Crippen MR) is 76.5 cm³/mol. The van der Waals surface area contributed by atoms with Crippen LogP contribution in [0.2, 0.25) is 0 Å². The van der Waals surface area contributed by atoms with E-state index in [0.717, 1.165) is 5.56 Å². The van der Waals surface area contributed by atoms with Gasteiger partial charge in [-0.3, -0.25) is 0 Å². The van der Waals surface area contributed by atoms with Crippen LogP contribution in [0.4, 0.5) is 0 Å². The second-order valence-corrected chi connectivity index (χ2v) is 6.30. The minimum absolute atomic E-state index is 0.0519. The molecule has 20 heavy (non-hydrogen) atoms. The molecule has 0 atom stereocenters. The lowest BCUT2D eigenvalue weighted by atomic mass is 10.0. The molecule has 106 valence electrons. The van der Waals surface area contributed by atoms with Gasteiger partial charge >= 0.3 is 10.1 Å². The Morgan fingerprint density at radius 3 is 2.00 bits per heavy atom. The minimum Gasteiger partial charge on any atom is -0.508 e. The van der Waals surface area contributed by atoms with Crippen LogP contribution in [0, 0.1) is 0 Å². The van der Waals surface area contributed by atoms with Gasteiger partial charge in [0, 0.05) is 0 Å². The van der Waals surface area contributed by atoms with Gasteiger partial charge in [0.05, 0.1) is 0 Å². The van der Waals surface area contributed by atoms with Crippen LogP contribution in [0.3, 0.4) is 0 Å². The monoisotopic (exact) mass is 292 g/mol. The molecular formula is C15H16O4S. The quantitative estimate of drug-likeness (QED) is 0.878. The fourth-order valence-corrected chi connectivity index (χ4v) is 2.63. The zero-order valence-corrected chi connectivity index (χ0v) is 12.1. The van der Waals surface area contributed by atoms with Gasteiger partial charge in [-0.05, 0) is 47.9 Å². The molecule has 0 amide bonds. The summed E-state index contributed by atoms with van der Waals surface area (Å²) < 4.78 is 29.2. The molecule has 0 aliphatic rings. The highest BCUT2D eigenvalue weighted by Gasteiger charge is 2.16. The van der Waals surface area contributed by atoms with Crippen LogP contribution < -0.4 is 4.18 Å². The third-order valence-corrected chi connectivity index (χ3v) is 4.14. The molecule has 2 aromatic rings. The Morgan fingerprint density at radius 1 is 0.950 bits per heavy atom. The molecule has 0 saturated carbocycles. The lowest BCUT2D eigenvalue weighted by molar-refractivity contribution is 0.468. The highest BCUT2D eigenvalue weighted by Crippen LogP contribution is 2.22. The average molecular weight is 292 g/mol. The van der Waals surface area contributed by atoms with Crippen molar-refractivity contribution in [3.8, 4) is 11.5 Å². The van der Waals surface area contributed by atoms with Crippen LogP contribution >= 0.6 is 0 Å². The Kier molecular flexibility index (Phi) is 3.99. The van der Waals surface area contributed by atoms with E-state index in [-0.39, 0.29) is 16.4 Å². The first-order valence-corrected chi connectivity index (χ1v) is 7.63. The molecule has 0 aromatic heterocycles. The maximum atomic E-state index is 12.1. The minimum atomic E-state index is -3.85. The summed E-state index contributed by atoms with van der Waals surface area (Å²) in [5, 5.41) is 9.15. The predicted octanol–water partition coefficient (Wildman–Crippen LogP) is 3.28. The van der Waals surface area contributed by atoms with Gasteiger partial charge < -0.3 is 9.29 Å². The summed E-state index contributed by atoms with van der Waals surface area (Å²) >= 11 is 0. The van der Waals surface area contributed by atoms with Gasteiger partial charge in [-0.1, -0.05) is 26.0 Å². The van der Waals surface area contributed by atoms with E-state index in [2.05, 4.69) is 0 Å². The number of rotatable bonds is 4. The molecule has 0 saturated heterocycles. The topological polar surface area (TPSA) is 63.6 Å². The summed E-state index contributed by atoms with van der Waals surface area (Å²) in [4.78, 5) is 0.106. The van der Waals surface area contributed by atoms with Gasteiger partial charge in [-0.2, -0.15) is 8.42 Å². The normalized spacial score (nSPS) is 11.6. The summed E-state index contributed by atoms with van der Waals surface area (Å²) in [5.41, 5.74) is 1.06. The fourth-order valence-electron chi connectivity index (χ4n) is 1.70. The number of benzene rings is 2. The van der Waals surface area contributed by atoms with Crippen molar-refractivity contribution in [1.82, 2.24) is 0 Å². The Labute approximate surface area is 118 Å². The molecule has 5 heteroatoms. The Hall–Kier alpha value is -2.01. The van der Waals surface area contributed by atoms with Gasteiger partial charge in [0.15, 0.2) is 0 Å². The van der Waals surface area contributed by atoms with Crippen LogP contribution in [0.1, 0.15) is 25.3 Å². The van der Waals surface area contributed by atoms with E-state index >= 15 is 0 Å². The van der Waals surface area contributed by atoms with Crippen LogP contribution in [0.5, 0.6) is 11.5 Å². The van der Waals surface area contributed by atoms with Crippen LogP contribution in [0.15, 0.2) is 53.4 Å². The molecule has 0 radical (unpaired) electrons. The molecule has 0 unspecified atom stereocenters. The zero-order valence-electron chi connectivity index (χ0n) is 11.3. The smallest absolute Gasteiger partial charge is 0.339 e. The molecule has 0 aliphatic carbocycles. The van der Waals surface area contributed by atoms with Gasteiger partial charge in [0.1, 0.15) is 16.4 Å². The zero-order chi connectivity index (χ0) is 14.8. The number of hydrogen-bond acceptors (Lipinski definition) is 4. The fraction of sp³-hybridized carbons (Fsp3) is 0.200. The van der Waals surface area contributed by atoms with Crippen LogP contribution in [0.25, 0.3) is 0 Å². The van der Waals surface area contributed by atoms with Crippen molar-refractivity contribution in [2.45, 2.75) is 24.7 Å². The Balaban J connectivity index is 2.23. The molecule has 2 aromatic carbocycles. The van der Waals surface area contributed by atoms with Gasteiger partial charge in [-0.25, -0.2) is 0 Å². The SMILES string of the molecule is CC(C)c1ccc(S(=O)(=O)Oc2ccc(O)cc2)cc1.